The molecule has 0 aliphatic heterocycles. The van der Waals surface area contributed by atoms with Gasteiger partial charge in [0.1, 0.15) is 12.4 Å². The molecule has 0 aliphatic carbocycles. The first-order chi connectivity index (χ1) is 10.3. The molecule has 0 fully saturated rings. The second kappa shape index (κ2) is 8.47. The Balaban J connectivity index is 1.98. The van der Waals surface area contributed by atoms with Gasteiger partial charge < -0.3 is 10.1 Å². The van der Waals surface area contributed by atoms with Crippen LogP contribution in [-0.2, 0) is 6.54 Å². The van der Waals surface area contributed by atoms with Crippen molar-refractivity contribution in [3.8, 4) is 5.75 Å². The number of aromatic nitrogens is 2. The molecular weight excluding hydrogens is 262 g/mol. The summed E-state index contributed by atoms with van der Waals surface area (Å²) in [5, 5.41) is 7.77. The lowest BCUT2D eigenvalue weighted by Gasteiger charge is -2.20. The summed E-state index contributed by atoms with van der Waals surface area (Å²) >= 11 is 0. The number of hydrogen-bond donors (Lipinski definition) is 1. The zero-order chi connectivity index (χ0) is 14.9. The van der Waals surface area contributed by atoms with Crippen molar-refractivity contribution in [2.75, 3.05) is 13.2 Å². The third-order valence-electron chi connectivity index (χ3n) is 3.48. The maximum Gasteiger partial charge on any atom is 0.124 e. The van der Waals surface area contributed by atoms with E-state index < -0.39 is 0 Å². The molecular formula is C17H25N3O. The Morgan fingerprint density at radius 3 is 2.81 bits per heavy atom. The summed E-state index contributed by atoms with van der Waals surface area (Å²) in [6.45, 7) is 6.81. The van der Waals surface area contributed by atoms with Crippen molar-refractivity contribution < 1.29 is 4.74 Å². The number of nitrogens with one attached hydrogen (secondary N) is 1. The van der Waals surface area contributed by atoms with Gasteiger partial charge in [-0.15, -0.1) is 0 Å². The summed E-state index contributed by atoms with van der Waals surface area (Å²) in [5.41, 5.74) is 1.24. The molecule has 114 valence electrons. The van der Waals surface area contributed by atoms with Gasteiger partial charge in [0.15, 0.2) is 0 Å². The van der Waals surface area contributed by atoms with E-state index in [0.717, 1.165) is 31.7 Å². The molecule has 0 amide bonds. The molecule has 2 aromatic rings. The molecule has 21 heavy (non-hydrogen) atoms. The van der Waals surface area contributed by atoms with Crippen LogP contribution in [0.1, 0.15) is 38.3 Å². The van der Waals surface area contributed by atoms with Gasteiger partial charge in [0.05, 0.1) is 6.54 Å². The molecule has 0 radical (unpaired) electrons. The molecule has 4 heteroatoms. The van der Waals surface area contributed by atoms with Gasteiger partial charge >= 0.3 is 0 Å². The van der Waals surface area contributed by atoms with Crippen LogP contribution in [0.4, 0.5) is 0 Å². The second-order valence-electron chi connectivity index (χ2n) is 5.07. The van der Waals surface area contributed by atoms with Gasteiger partial charge in [-0.05, 0) is 31.5 Å². The van der Waals surface area contributed by atoms with Crippen LogP contribution in [-0.4, -0.2) is 22.9 Å². The highest BCUT2D eigenvalue weighted by Crippen LogP contribution is 2.27. The van der Waals surface area contributed by atoms with Crippen LogP contribution in [0, 0.1) is 0 Å². The Kier molecular flexibility index (Phi) is 6.28. The minimum Gasteiger partial charge on any atom is -0.491 e. The van der Waals surface area contributed by atoms with E-state index in [-0.39, 0.29) is 0 Å². The Bertz CT molecular complexity index is 511. The van der Waals surface area contributed by atoms with Crippen molar-refractivity contribution >= 4 is 0 Å². The molecule has 0 saturated heterocycles. The largest absolute Gasteiger partial charge is 0.491 e. The molecule has 1 N–H and O–H groups in total. The summed E-state index contributed by atoms with van der Waals surface area (Å²) in [6, 6.07) is 10.6. The Morgan fingerprint density at radius 2 is 2.10 bits per heavy atom. The fraction of sp³-hybridized carbons (Fsp3) is 0.471. The van der Waals surface area contributed by atoms with Crippen LogP contribution in [0.15, 0.2) is 42.7 Å². The van der Waals surface area contributed by atoms with Crippen LogP contribution in [0.5, 0.6) is 5.75 Å². The lowest BCUT2D eigenvalue weighted by molar-refractivity contribution is 0.285. The average Bonchev–Trinajstić information content (AvgIpc) is 3.03. The van der Waals surface area contributed by atoms with Crippen molar-refractivity contribution in [3.05, 3.63) is 48.3 Å². The van der Waals surface area contributed by atoms with E-state index >= 15 is 0 Å². The predicted molar refractivity (Wildman–Crippen MR) is 85.5 cm³/mol. The quantitative estimate of drug-likeness (QED) is 0.768. The first-order valence-corrected chi connectivity index (χ1v) is 7.77. The van der Waals surface area contributed by atoms with E-state index in [1.165, 1.54) is 5.56 Å². The number of hydrogen-bond acceptors (Lipinski definition) is 3. The summed E-state index contributed by atoms with van der Waals surface area (Å²) in [6.07, 6.45) is 5.93. The topological polar surface area (TPSA) is 39.1 Å². The molecule has 0 saturated carbocycles. The fourth-order valence-corrected chi connectivity index (χ4v) is 2.37. The molecule has 2 rings (SSSR count). The Morgan fingerprint density at radius 1 is 1.24 bits per heavy atom. The SMILES string of the molecule is CCCNC(CC)c1ccccc1OCCn1cccn1. The highest BCUT2D eigenvalue weighted by atomic mass is 16.5. The maximum atomic E-state index is 5.97. The summed E-state index contributed by atoms with van der Waals surface area (Å²) in [4.78, 5) is 0. The monoisotopic (exact) mass is 287 g/mol. The number of benzene rings is 1. The van der Waals surface area contributed by atoms with Crippen LogP contribution < -0.4 is 10.1 Å². The van der Waals surface area contributed by atoms with E-state index in [2.05, 4.69) is 42.5 Å². The second-order valence-corrected chi connectivity index (χ2v) is 5.07. The predicted octanol–water partition coefficient (Wildman–Crippen LogP) is 3.41. The fourth-order valence-electron chi connectivity index (χ4n) is 2.37. The maximum absolute atomic E-state index is 5.97. The zero-order valence-corrected chi connectivity index (χ0v) is 13.0. The van der Waals surface area contributed by atoms with Crippen molar-refractivity contribution in [2.24, 2.45) is 0 Å². The first-order valence-electron chi connectivity index (χ1n) is 7.77. The number of rotatable bonds is 9. The minimum atomic E-state index is 0.353. The van der Waals surface area contributed by atoms with Gasteiger partial charge in [0, 0.05) is 24.0 Å². The number of nitrogens with zero attached hydrogens (tertiary/aromatic N) is 2. The first kappa shape index (κ1) is 15.6. The van der Waals surface area contributed by atoms with Crippen molar-refractivity contribution in [2.45, 2.75) is 39.3 Å². The number of ether oxygens (including phenoxy) is 1. The van der Waals surface area contributed by atoms with Gasteiger partial charge in [-0.25, -0.2) is 0 Å². The van der Waals surface area contributed by atoms with Gasteiger partial charge in [-0.3, -0.25) is 4.68 Å². The van der Waals surface area contributed by atoms with E-state index in [0.29, 0.717) is 12.6 Å². The van der Waals surface area contributed by atoms with Crippen molar-refractivity contribution in [3.63, 3.8) is 0 Å². The molecule has 1 heterocycles. The molecule has 1 aromatic heterocycles. The van der Waals surface area contributed by atoms with Gasteiger partial charge in [-0.1, -0.05) is 32.0 Å². The van der Waals surface area contributed by atoms with Crippen LogP contribution in [0.25, 0.3) is 0 Å². The lowest BCUT2D eigenvalue weighted by atomic mass is 10.0. The van der Waals surface area contributed by atoms with Crippen LogP contribution >= 0.6 is 0 Å². The zero-order valence-electron chi connectivity index (χ0n) is 13.0. The average molecular weight is 287 g/mol. The smallest absolute Gasteiger partial charge is 0.124 e. The van der Waals surface area contributed by atoms with Crippen molar-refractivity contribution in [1.29, 1.82) is 0 Å². The van der Waals surface area contributed by atoms with Gasteiger partial charge in [-0.2, -0.15) is 5.10 Å². The molecule has 4 nitrogen and oxygen atoms in total. The molecule has 0 spiro atoms. The van der Waals surface area contributed by atoms with Crippen LogP contribution in [0.2, 0.25) is 0 Å². The summed E-state index contributed by atoms with van der Waals surface area (Å²) < 4.78 is 7.86. The molecule has 1 aromatic carbocycles. The lowest BCUT2D eigenvalue weighted by Crippen LogP contribution is -2.22. The Labute approximate surface area is 127 Å². The highest BCUT2D eigenvalue weighted by Gasteiger charge is 2.13. The third kappa shape index (κ3) is 4.60. The van der Waals surface area contributed by atoms with Gasteiger partial charge in [0.2, 0.25) is 0 Å². The van der Waals surface area contributed by atoms with E-state index in [4.69, 9.17) is 4.74 Å². The summed E-state index contributed by atoms with van der Waals surface area (Å²) in [7, 11) is 0. The highest BCUT2D eigenvalue weighted by molar-refractivity contribution is 5.35. The van der Waals surface area contributed by atoms with Gasteiger partial charge in [0.25, 0.3) is 0 Å². The minimum absolute atomic E-state index is 0.353. The molecule has 0 aliphatic rings. The normalized spacial score (nSPS) is 12.3. The van der Waals surface area contributed by atoms with E-state index in [9.17, 15) is 0 Å². The van der Waals surface area contributed by atoms with E-state index in [1.807, 2.05) is 23.0 Å². The standard InChI is InChI=1S/C17H25N3O/c1-3-10-18-16(4-2)15-8-5-6-9-17(15)21-14-13-20-12-7-11-19-20/h5-9,11-12,16,18H,3-4,10,13-14H2,1-2H3. The van der Waals surface area contributed by atoms with Crippen molar-refractivity contribution in [1.82, 2.24) is 15.1 Å². The summed E-state index contributed by atoms with van der Waals surface area (Å²) in [5.74, 6) is 0.972. The molecule has 1 unspecified atom stereocenters. The number of para-hydroxylation sites is 1. The molecule has 0 bridgehead atoms. The Hall–Kier alpha value is -1.81. The van der Waals surface area contributed by atoms with E-state index in [1.54, 1.807) is 6.20 Å². The van der Waals surface area contributed by atoms with Crippen LogP contribution in [0.3, 0.4) is 0 Å². The molecule has 1 atom stereocenters. The third-order valence-corrected chi connectivity index (χ3v) is 3.48.